The second-order valence-corrected chi connectivity index (χ2v) is 13.0. The standard InChI is InChI=1S/C28H42O7/c1-15(21-14-25(3,32)27(5,33)23(31)35-21)28(34)12-10-17-16-13-20(29)19-7-6-8-22(30)26(19,4)18(16)9-11-24(17,28)2/h6-8,15-18,20-21,23,29,31-34H,9-14H2,1-5H3/t15-,16+,17+,18+,20+,21-,23?,24+,25-,26-,27-,28+/m1/s1. The average molecular weight is 491 g/mol. The second-order valence-electron chi connectivity index (χ2n) is 13.0. The molecule has 0 amide bonds. The molecule has 3 saturated carbocycles. The predicted octanol–water partition coefficient (Wildman–Crippen LogP) is 2.24. The maximum Gasteiger partial charge on any atom is 0.186 e. The van der Waals surface area contributed by atoms with Crippen LogP contribution in [0.4, 0.5) is 0 Å². The topological polar surface area (TPSA) is 127 Å². The minimum atomic E-state index is -1.81. The first-order chi connectivity index (χ1) is 16.1. The molecule has 0 radical (unpaired) electrons. The summed E-state index contributed by atoms with van der Waals surface area (Å²) in [6, 6.07) is 0. The van der Waals surface area contributed by atoms with Crippen molar-refractivity contribution in [1.29, 1.82) is 0 Å². The van der Waals surface area contributed by atoms with Crippen molar-refractivity contribution in [1.82, 2.24) is 0 Å². The normalized spacial score (nSPS) is 56.6. The fourth-order valence-corrected chi connectivity index (χ4v) is 8.91. The van der Waals surface area contributed by atoms with Crippen molar-refractivity contribution >= 4 is 5.78 Å². The summed E-state index contributed by atoms with van der Waals surface area (Å²) in [4.78, 5) is 13.1. The number of carbonyl (C=O) groups is 1. The largest absolute Gasteiger partial charge is 0.389 e. The molecule has 196 valence electrons. The zero-order valence-corrected chi connectivity index (χ0v) is 21.6. The number of carbonyl (C=O) groups excluding carboxylic acids is 1. The number of hydrogen-bond acceptors (Lipinski definition) is 7. The molecule has 4 fully saturated rings. The number of allylic oxidation sites excluding steroid dienone is 3. The highest BCUT2D eigenvalue weighted by Crippen LogP contribution is 2.68. The van der Waals surface area contributed by atoms with Crippen LogP contribution in [0.25, 0.3) is 0 Å². The van der Waals surface area contributed by atoms with Gasteiger partial charge in [-0.25, -0.2) is 0 Å². The molecule has 35 heavy (non-hydrogen) atoms. The molecule has 1 heterocycles. The van der Waals surface area contributed by atoms with E-state index in [2.05, 4.69) is 6.92 Å². The molecule has 1 saturated heterocycles. The number of hydrogen-bond donors (Lipinski definition) is 5. The van der Waals surface area contributed by atoms with Crippen molar-refractivity contribution < 1.29 is 35.1 Å². The van der Waals surface area contributed by atoms with Crippen LogP contribution in [-0.2, 0) is 9.53 Å². The van der Waals surface area contributed by atoms with Crippen molar-refractivity contribution in [2.24, 2.45) is 34.5 Å². The molecule has 0 aromatic rings. The van der Waals surface area contributed by atoms with E-state index in [4.69, 9.17) is 4.74 Å². The summed E-state index contributed by atoms with van der Waals surface area (Å²) in [7, 11) is 0. The second kappa shape index (κ2) is 7.71. The lowest BCUT2D eigenvalue weighted by molar-refractivity contribution is -0.334. The van der Waals surface area contributed by atoms with E-state index in [1.54, 1.807) is 12.2 Å². The highest BCUT2D eigenvalue weighted by molar-refractivity contribution is 5.99. The Bertz CT molecular complexity index is 968. The van der Waals surface area contributed by atoms with Crippen LogP contribution in [-0.4, -0.2) is 66.6 Å². The van der Waals surface area contributed by atoms with Gasteiger partial charge in [-0.3, -0.25) is 4.79 Å². The summed E-state index contributed by atoms with van der Waals surface area (Å²) in [6.45, 7) is 8.90. The highest BCUT2D eigenvalue weighted by atomic mass is 16.6. The molecule has 7 nitrogen and oxygen atoms in total. The Morgan fingerprint density at radius 1 is 1.03 bits per heavy atom. The van der Waals surface area contributed by atoms with E-state index in [1.165, 1.54) is 13.8 Å². The molecule has 0 aromatic heterocycles. The van der Waals surface area contributed by atoms with Crippen LogP contribution in [0.15, 0.2) is 23.8 Å². The molecule has 0 aromatic carbocycles. The van der Waals surface area contributed by atoms with Gasteiger partial charge in [0.2, 0.25) is 0 Å². The van der Waals surface area contributed by atoms with Crippen LogP contribution >= 0.6 is 0 Å². The van der Waals surface area contributed by atoms with E-state index in [1.807, 2.05) is 19.9 Å². The average Bonchev–Trinajstić information content (AvgIpc) is 3.05. The van der Waals surface area contributed by atoms with Crippen molar-refractivity contribution in [2.75, 3.05) is 0 Å². The van der Waals surface area contributed by atoms with Gasteiger partial charge >= 0.3 is 0 Å². The van der Waals surface area contributed by atoms with E-state index >= 15 is 0 Å². The van der Waals surface area contributed by atoms with E-state index in [9.17, 15) is 30.3 Å². The van der Waals surface area contributed by atoms with E-state index < -0.39 is 52.0 Å². The third kappa shape index (κ3) is 3.15. The van der Waals surface area contributed by atoms with Gasteiger partial charge in [-0.2, -0.15) is 0 Å². The van der Waals surface area contributed by atoms with Crippen LogP contribution in [0.1, 0.15) is 73.1 Å². The number of fused-ring (bicyclic) bond motifs is 5. The molecule has 1 aliphatic heterocycles. The third-order valence-corrected chi connectivity index (χ3v) is 11.7. The summed E-state index contributed by atoms with van der Waals surface area (Å²) < 4.78 is 5.81. The van der Waals surface area contributed by atoms with Crippen molar-refractivity contribution in [3.8, 4) is 0 Å². The van der Waals surface area contributed by atoms with Gasteiger partial charge in [-0.05, 0) is 87.7 Å². The number of rotatable bonds is 2. The molecule has 5 aliphatic rings. The maximum absolute atomic E-state index is 13.1. The fraction of sp³-hybridized carbons (Fsp3) is 0.821. The molecule has 7 heteroatoms. The van der Waals surface area contributed by atoms with Gasteiger partial charge in [0, 0.05) is 12.3 Å². The number of aliphatic hydroxyl groups excluding tert-OH is 2. The monoisotopic (exact) mass is 490 g/mol. The quantitative estimate of drug-likeness (QED) is 0.402. The lowest BCUT2D eigenvalue weighted by Crippen LogP contribution is -2.67. The summed E-state index contributed by atoms with van der Waals surface area (Å²) in [6.07, 6.45) is 5.99. The maximum atomic E-state index is 13.1. The molecular formula is C28H42O7. The van der Waals surface area contributed by atoms with Crippen LogP contribution in [0.2, 0.25) is 0 Å². The summed E-state index contributed by atoms with van der Waals surface area (Å²) in [5.41, 5.74) is -4.83. The van der Waals surface area contributed by atoms with Gasteiger partial charge in [0.1, 0.15) is 5.60 Å². The number of ether oxygens (including phenoxy) is 1. The zero-order chi connectivity index (χ0) is 25.8. The van der Waals surface area contributed by atoms with Crippen LogP contribution in [0, 0.1) is 34.5 Å². The van der Waals surface area contributed by atoms with Gasteiger partial charge in [-0.1, -0.05) is 26.0 Å². The van der Waals surface area contributed by atoms with E-state index in [-0.39, 0.29) is 30.0 Å². The molecule has 4 aliphatic carbocycles. The fourth-order valence-electron chi connectivity index (χ4n) is 8.91. The first-order valence-electron chi connectivity index (χ1n) is 13.2. The first-order valence-corrected chi connectivity index (χ1v) is 13.2. The van der Waals surface area contributed by atoms with Gasteiger partial charge in [0.25, 0.3) is 0 Å². The highest BCUT2D eigenvalue weighted by Gasteiger charge is 2.68. The minimum Gasteiger partial charge on any atom is -0.389 e. The molecule has 0 bridgehead atoms. The predicted molar refractivity (Wildman–Crippen MR) is 129 cm³/mol. The van der Waals surface area contributed by atoms with Gasteiger partial charge in [0.15, 0.2) is 12.1 Å². The van der Waals surface area contributed by atoms with Crippen LogP contribution in [0.5, 0.6) is 0 Å². The van der Waals surface area contributed by atoms with Crippen molar-refractivity contribution in [3.05, 3.63) is 23.8 Å². The Hall–Kier alpha value is -1.09. The Balaban J connectivity index is 1.45. The van der Waals surface area contributed by atoms with Crippen LogP contribution < -0.4 is 0 Å². The molecular weight excluding hydrogens is 448 g/mol. The number of ketones is 1. The lowest BCUT2D eigenvalue weighted by atomic mass is 9.45. The Labute approximate surface area is 207 Å². The first kappa shape index (κ1) is 25.6. The van der Waals surface area contributed by atoms with Gasteiger partial charge < -0.3 is 30.3 Å². The zero-order valence-electron chi connectivity index (χ0n) is 21.6. The summed E-state index contributed by atoms with van der Waals surface area (Å²) in [5, 5.41) is 55.4. The molecule has 1 unspecified atom stereocenters. The van der Waals surface area contributed by atoms with Crippen LogP contribution in [0.3, 0.4) is 0 Å². The lowest BCUT2D eigenvalue weighted by Gasteiger charge is -2.60. The molecule has 5 N–H and O–H groups in total. The number of aliphatic hydroxyl groups is 5. The molecule has 12 atom stereocenters. The van der Waals surface area contributed by atoms with E-state index in [0.29, 0.717) is 12.8 Å². The third-order valence-electron chi connectivity index (χ3n) is 11.7. The smallest absolute Gasteiger partial charge is 0.186 e. The summed E-state index contributed by atoms with van der Waals surface area (Å²) >= 11 is 0. The van der Waals surface area contributed by atoms with E-state index in [0.717, 1.165) is 24.8 Å². The van der Waals surface area contributed by atoms with Gasteiger partial charge in [0.05, 0.1) is 28.8 Å². The summed E-state index contributed by atoms with van der Waals surface area (Å²) in [5.74, 6) is 0.0358. The Kier molecular flexibility index (Phi) is 5.63. The molecule has 0 spiro atoms. The van der Waals surface area contributed by atoms with Crippen molar-refractivity contribution in [2.45, 2.75) is 108 Å². The Morgan fingerprint density at radius 3 is 2.34 bits per heavy atom. The van der Waals surface area contributed by atoms with Crippen molar-refractivity contribution in [3.63, 3.8) is 0 Å². The minimum absolute atomic E-state index is 0.0628. The van der Waals surface area contributed by atoms with Gasteiger partial charge in [-0.15, -0.1) is 0 Å². The Morgan fingerprint density at radius 2 is 1.69 bits per heavy atom. The SMILES string of the molecule is C[C@H]([C@H]1C[C@@](C)(O)[C@](C)(O)C(O)O1)[C@@]1(O)CC[C@H]2[C@@H]3C[C@H](O)C4=CC=CC(=O)[C@]4(C)[C@H]3CC[C@@]21C. The molecule has 5 rings (SSSR count).